The first-order chi connectivity index (χ1) is 24.5. The normalized spacial score (nSPS) is 17.5. The molecular formula is C44H100O6. The van der Waals surface area contributed by atoms with Crippen LogP contribution >= 0.6 is 0 Å². The summed E-state index contributed by atoms with van der Waals surface area (Å²) in [6.07, 6.45) is 48.0. The molecule has 1 saturated carbocycles. The molecule has 0 aromatic heterocycles. The van der Waals surface area contributed by atoms with Gasteiger partial charge in [0.15, 0.2) is 0 Å². The van der Waals surface area contributed by atoms with Crippen molar-refractivity contribution in [1.29, 1.82) is 0 Å². The van der Waals surface area contributed by atoms with Gasteiger partial charge in [-0.1, -0.05) is 205 Å². The Morgan fingerprint density at radius 3 is 0.200 bits per heavy atom. The van der Waals surface area contributed by atoms with E-state index in [9.17, 15) is 0 Å². The summed E-state index contributed by atoms with van der Waals surface area (Å²) < 4.78 is 0. The molecule has 0 aliphatic heterocycles. The molecule has 0 amide bonds. The van der Waals surface area contributed by atoms with Crippen molar-refractivity contribution in [3.8, 4) is 0 Å². The lowest BCUT2D eigenvalue weighted by molar-refractivity contribution is 0.318. The number of hydrogen-bond donors (Lipinski definition) is 6. The van der Waals surface area contributed by atoms with Crippen LogP contribution in [0.2, 0.25) is 0 Å². The fourth-order valence-corrected chi connectivity index (χ4v) is 5.66. The van der Waals surface area contributed by atoms with Gasteiger partial charge in [-0.2, -0.15) is 0 Å². The van der Waals surface area contributed by atoms with E-state index in [2.05, 4.69) is 0 Å². The van der Waals surface area contributed by atoms with E-state index in [0.717, 1.165) is 0 Å². The second-order valence-electron chi connectivity index (χ2n) is 13.2. The Morgan fingerprint density at radius 2 is 0.180 bits per heavy atom. The first-order valence-electron chi connectivity index (χ1n) is 22.1. The van der Waals surface area contributed by atoms with E-state index < -0.39 is 0 Å². The van der Waals surface area contributed by atoms with Crippen LogP contribution < -0.4 is 0 Å². The van der Waals surface area contributed by atoms with Gasteiger partial charge in [0.25, 0.3) is 0 Å². The molecule has 0 radical (unpaired) electrons. The average Bonchev–Trinajstić information content (AvgIpc) is 3.08. The SMILES string of the molecule is C1CCCCCCCCCCCCCCCCCCCCCCCCCCCCCCC1.CCO.CCO.CCO.CCO.CCO.CCO. The molecule has 0 bridgehead atoms. The summed E-state index contributed by atoms with van der Waals surface area (Å²) in [6.45, 7) is 11.6. The third kappa shape index (κ3) is 104. The average molecular weight is 725 g/mol. The van der Waals surface area contributed by atoms with Gasteiger partial charge in [-0.3, -0.25) is 0 Å². The Kier molecular flexibility index (Phi) is 96.4. The van der Waals surface area contributed by atoms with E-state index in [-0.39, 0.29) is 39.6 Å². The van der Waals surface area contributed by atoms with Gasteiger partial charge in [0, 0.05) is 39.6 Å². The Bertz CT molecular complexity index is 250. The van der Waals surface area contributed by atoms with Crippen LogP contribution in [0.25, 0.3) is 0 Å². The van der Waals surface area contributed by atoms with Gasteiger partial charge in [0.05, 0.1) is 0 Å². The van der Waals surface area contributed by atoms with Gasteiger partial charge < -0.3 is 30.6 Å². The Hall–Kier alpha value is -0.240. The zero-order valence-corrected chi connectivity index (χ0v) is 35.6. The fraction of sp³-hybridized carbons (Fsp3) is 1.00. The highest BCUT2D eigenvalue weighted by molar-refractivity contribution is 4.53. The zero-order valence-electron chi connectivity index (χ0n) is 35.6. The largest absolute Gasteiger partial charge is 0.397 e. The van der Waals surface area contributed by atoms with Crippen LogP contribution in [-0.2, 0) is 0 Å². The van der Waals surface area contributed by atoms with Crippen LogP contribution in [0.15, 0.2) is 0 Å². The van der Waals surface area contributed by atoms with Crippen molar-refractivity contribution in [3.05, 3.63) is 0 Å². The molecule has 1 aliphatic rings. The van der Waals surface area contributed by atoms with Crippen molar-refractivity contribution < 1.29 is 30.6 Å². The molecular weight excluding hydrogens is 624 g/mol. The first-order valence-corrected chi connectivity index (χ1v) is 22.1. The lowest BCUT2D eigenvalue weighted by atomic mass is 10.0. The van der Waals surface area contributed by atoms with Gasteiger partial charge in [-0.05, 0) is 41.5 Å². The van der Waals surface area contributed by atoms with Crippen molar-refractivity contribution in [3.63, 3.8) is 0 Å². The smallest absolute Gasteiger partial charge is 0.0402 e. The third-order valence-corrected chi connectivity index (χ3v) is 8.00. The molecule has 0 aromatic carbocycles. The predicted octanol–water partition coefficient (Wildman–Crippen LogP) is 12.5. The Labute approximate surface area is 316 Å². The van der Waals surface area contributed by atoms with E-state index in [1.54, 1.807) is 41.5 Å². The summed E-state index contributed by atoms with van der Waals surface area (Å²) in [7, 11) is 0. The van der Waals surface area contributed by atoms with Crippen LogP contribution in [-0.4, -0.2) is 70.3 Å². The van der Waals surface area contributed by atoms with Crippen LogP contribution in [0.3, 0.4) is 0 Å². The van der Waals surface area contributed by atoms with Crippen molar-refractivity contribution >= 4 is 0 Å². The molecule has 50 heavy (non-hydrogen) atoms. The Morgan fingerprint density at radius 1 is 0.160 bits per heavy atom. The lowest BCUT2D eigenvalue weighted by Gasteiger charge is -2.05. The van der Waals surface area contributed by atoms with Crippen molar-refractivity contribution in [1.82, 2.24) is 0 Å². The summed E-state index contributed by atoms with van der Waals surface area (Å²) in [4.78, 5) is 0. The molecule has 6 N–H and O–H groups in total. The summed E-state index contributed by atoms with van der Waals surface area (Å²) in [5.74, 6) is 0. The molecule has 0 heterocycles. The molecule has 312 valence electrons. The topological polar surface area (TPSA) is 121 Å². The van der Waals surface area contributed by atoms with Crippen LogP contribution in [0.4, 0.5) is 0 Å². The standard InChI is InChI=1S/C32H64.6C2H6O/c1-2-4-6-8-10-12-14-16-18-20-22-24-26-28-30-32-31-29-27-25-23-21-19-17-15-13-11-9-7-5-3-1;6*1-2-3/h1-32H2;6*3H,2H2,1H3. The molecule has 6 heteroatoms. The van der Waals surface area contributed by atoms with Crippen molar-refractivity contribution in [2.45, 2.75) is 247 Å². The first kappa shape index (κ1) is 61.8. The number of rotatable bonds is 0. The van der Waals surface area contributed by atoms with E-state index in [0.29, 0.717) is 0 Å². The van der Waals surface area contributed by atoms with E-state index in [1.807, 2.05) is 0 Å². The highest BCUT2D eigenvalue weighted by atomic mass is 16.3. The van der Waals surface area contributed by atoms with Crippen LogP contribution in [0.5, 0.6) is 0 Å². The van der Waals surface area contributed by atoms with Gasteiger partial charge in [0.2, 0.25) is 0 Å². The van der Waals surface area contributed by atoms with Gasteiger partial charge in [-0.15, -0.1) is 0 Å². The van der Waals surface area contributed by atoms with Crippen molar-refractivity contribution in [2.75, 3.05) is 39.6 Å². The number of hydrogen-bond acceptors (Lipinski definition) is 6. The minimum absolute atomic E-state index is 0.250. The molecule has 1 aliphatic carbocycles. The number of aliphatic hydroxyl groups is 6. The number of aliphatic hydroxyl groups excluding tert-OH is 6. The minimum atomic E-state index is 0.250. The zero-order chi connectivity index (χ0) is 38.9. The summed E-state index contributed by atoms with van der Waals surface area (Å²) in [6, 6.07) is 0. The maximum absolute atomic E-state index is 7.57. The quantitative estimate of drug-likeness (QED) is 0.148. The highest BCUT2D eigenvalue weighted by Gasteiger charge is 1.98. The molecule has 1 fully saturated rings. The fourth-order valence-electron chi connectivity index (χ4n) is 5.66. The summed E-state index contributed by atoms with van der Waals surface area (Å²) in [5.41, 5.74) is 0. The summed E-state index contributed by atoms with van der Waals surface area (Å²) >= 11 is 0. The monoisotopic (exact) mass is 725 g/mol. The minimum Gasteiger partial charge on any atom is -0.397 e. The highest BCUT2D eigenvalue weighted by Crippen LogP contribution is 2.17. The van der Waals surface area contributed by atoms with E-state index in [1.165, 1.54) is 205 Å². The van der Waals surface area contributed by atoms with Gasteiger partial charge in [-0.25, -0.2) is 0 Å². The van der Waals surface area contributed by atoms with Gasteiger partial charge >= 0.3 is 0 Å². The third-order valence-electron chi connectivity index (χ3n) is 8.00. The molecule has 0 atom stereocenters. The molecule has 0 spiro atoms. The molecule has 1 rings (SSSR count). The second-order valence-corrected chi connectivity index (χ2v) is 13.2. The van der Waals surface area contributed by atoms with E-state index in [4.69, 9.17) is 30.6 Å². The van der Waals surface area contributed by atoms with Crippen LogP contribution in [0.1, 0.15) is 247 Å². The van der Waals surface area contributed by atoms with E-state index >= 15 is 0 Å². The Balaban J connectivity index is -0.000000224. The van der Waals surface area contributed by atoms with Crippen molar-refractivity contribution in [2.24, 2.45) is 0 Å². The van der Waals surface area contributed by atoms with Crippen LogP contribution in [0, 0.1) is 0 Å². The molecule has 6 nitrogen and oxygen atoms in total. The second kappa shape index (κ2) is 78.0. The van der Waals surface area contributed by atoms with Gasteiger partial charge in [0.1, 0.15) is 0 Å². The predicted molar refractivity (Wildman–Crippen MR) is 224 cm³/mol. The maximum Gasteiger partial charge on any atom is 0.0402 e. The molecule has 0 unspecified atom stereocenters. The molecule has 0 aromatic rings. The maximum atomic E-state index is 7.57. The summed E-state index contributed by atoms with van der Waals surface area (Å²) in [5, 5.41) is 45.4. The lowest BCUT2D eigenvalue weighted by Crippen LogP contribution is -1.85. The molecule has 0 saturated heterocycles.